The van der Waals surface area contributed by atoms with Crippen molar-refractivity contribution in [1.82, 2.24) is 0 Å². The first-order valence-electron chi connectivity index (χ1n) is 9.11. The zero-order valence-electron chi connectivity index (χ0n) is 15.6. The van der Waals surface area contributed by atoms with Crippen LogP contribution in [0.5, 0.6) is 23.0 Å². The number of hydrogen-bond donors (Lipinski definition) is 4. The van der Waals surface area contributed by atoms with E-state index in [1.807, 2.05) is 0 Å². The van der Waals surface area contributed by atoms with Gasteiger partial charge in [0.05, 0.1) is 26.4 Å². The largest absolute Gasteiger partial charge is 0.507 e. The molecule has 6 heteroatoms. The van der Waals surface area contributed by atoms with Crippen LogP contribution in [0.25, 0.3) is 11.1 Å². The molecule has 4 bridgehead atoms. The summed E-state index contributed by atoms with van der Waals surface area (Å²) in [5.41, 5.74) is 2.59. The normalized spacial score (nSPS) is 20.1. The van der Waals surface area contributed by atoms with Gasteiger partial charge in [-0.1, -0.05) is 12.5 Å². The second-order valence-electron chi connectivity index (χ2n) is 6.93. The molecule has 6 nitrogen and oxygen atoms in total. The highest BCUT2D eigenvalue weighted by atomic mass is 16.5. The molecule has 1 aliphatic carbocycles. The molecular formula is C21H26O6. The van der Waals surface area contributed by atoms with Crippen molar-refractivity contribution in [3.63, 3.8) is 0 Å². The number of aliphatic hydroxyl groups excluding tert-OH is 2. The molecule has 0 aromatic heterocycles. The van der Waals surface area contributed by atoms with E-state index in [1.165, 1.54) is 14.2 Å². The summed E-state index contributed by atoms with van der Waals surface area (Å²) in [7, 11) is 2.94. The first kappa shape index (κ1) is 19.3. The van der Waals surface area contributed by atoms with Crippen LogP contribution in [0.4, 0.5) is 0 Å². The fourth-order valence-electron chi connectivity index (χ4n) is 3.63. The topological polar surface area (TPSA) is 99.4 Å². The number of fused-ring (bicyclic) bond motifs is 5. The van der Waals surface area contributed by atoms with Gasteiger partial charge in [0.25, 0.3) is 0 Å². The molecule has 1 aliphatic rings. The molecule has 0 saturated carbocycles. The van der Waals surface area contributed by atoms with Crippen LogP contribution in [-0.4, -0.2) is 46.9 Å². The van der Waals surface area contributed by atoms with Crippen molar-refractivity contribution in [1.29, 1.82) is 0 Å². The van der Waals surface area contributed by atoms with Crippen molar-refractivity contribution in [2.45, 2.75) is 44.3 Å². The summed E-state index contributed by atoms with van der Waals surface area (Å²) in [6.45, 7) is 0. The highest BCUT2D eigenvalue weighted by Gasteiger charge is 2.24. The number of rotatable bonds is 2. The monoisotopic (exact) mass is 374 g/mol. The van der Waals surface area contributed by atoms with Crippen LogP contribution in [-0.2, 0) is 12.8 Å². The van der Waals surface area contributed by atoms with Gasteiger partial charge in [-0.3, -0.25) is 0 Å². The molecule has 0 spiro atoms. The van der Waals surface area contributed by atoms with Crippen molar-refractivity contribution >= 4 is 0 Å². The number of aryl methyl sites for hydroxylation is 1. The van der Waals surface area contributed by atoms with E-state index in [9.17, 15) is 20.4 Å². The first-order chi connectivity index (χ1) is 13.0. The quantitative estimate of drug-likeness (QED) is 0.645. The minimum atomic E-state index is -0.879. The lowest BCUT2D eigenvalue weighted by atomic mass is 9.95. The second-order valence-corrected chi connectivity index (χ2v) is 6.93. The lowest BCUT2D eigenvalue weighted by Crippen LogP contribution is -2.27. The fraction of sp³-hybridized carbons (Fsp3) is 0.429. The van der Waals surface area contributed by atoms with E-state index in [0.717, 1.165) is 12.0 Å². The molecule has 0 amide bonds. The average molecular weight is 374 g/mol. The minimum absolute atomic E-state index is 0.0178. The lowest BCUT2D eigenvalue weighted by Gasteiger charge is -2.19. The number of aromatic hydroxyl groups is 2. The Labute approximate surface area is 158 Å². The molecular weight excluding hydrogens is 348 g/mol. The van der Waals surface area contributed by atoms with Crippen LogP contribution in [0.3, 0.4) is 0 Å². The van der Waals surface area contributed by atoms with Crippen LogP contribution in [0, 0.1) is 0 Å². The molecule has 27 heavy (non-hydrogen) atoms. The predicted octanol–water partition coefficient (Wildman–Crippen LogP) is 2.77. The first-order valence-corrected chi connectivity index (χ1v) is 9.11. The molecule has 2 unspecified atom stereocenters. The van der Waals surface area contributed by atoms with E-state index in [0.29, 0.717) is 41.7 Å². The van der Waals surface area contributed by atoms with E-state index in [4.69, 9.17) is 9.47 Å². The molecule has 3 rings (SSSR count). The molecule has 4 N–H and O–H groups in total. The number of phenolic OH excluding ortho intramolecular Hbond substituents is 2. The molecule has 2 aromatic rings. The zero-order chi connectivity index (χ0) is 19.6. The van der Waals surface area contributed by atoms with Crippen LogP contribution < -0.4 is 9.47 Å². The Morgan fingerprint density at radius 3 is 2.33 bits per heavy atom. The predicted molar refractivity (Wildman–Crippen MR) is 102 cm³/mol. The van der Waals surface area contributed by atoms with Gasteiger partial charge in [0.2, 0.25) is 5.75 Å². The number of ether oxygens (including phenoxy) is 2. The maximum absolute atomic E-state index is 10.6. The molecule has 2 atom stereocenters. The van der Waals surface area contributed by atoms with Gasteiger partial charge >= 0.3 is 0 Å². The summed E-state index contributed by atoms with van der Waals surface area (Å²) in [5, 5.41) is 41.5. The van der Waals surface area contributed by atoms with Gasteiger partial charge in [-0.2, -0.15) is 0 Å². The third-order valence-electron chi connectivity index (χ3n) is 5.13. The maximum Gasteiger partial charge on any atom is 0.203 e. The van der Waals surface area contributed by atoms with Gasteiger partial charge in [0.1, 0.15) is 5.75 Å². The Morgan fingerprint density at radius 2 is 1.63 bits per heavy atom. The molecule has 0 radical (unpaired) electrons. The van der Waals surface area contributed by atoms with Crippen molar-refractivity contribution in [2.24, 2.45) is 0 Å². The number of phenols is 2. The third-order valence-corrected chi connectivity index (χ3v) is 5.13. The molecule has 0 fully saturated rings. The maximum atomic E-state index is 10.6. The summed E-state index contributed by atoms with van der Waals surface area (Å²) < 4.78 is 10.9. The van der Waals surface area contributed by atoms with Crippen molar-refractivity contribution in [3.8, 4) is 34.1 Å². The molecule has 2 aromatic carbocycles. The summed E-state index contributed by atoms with van der Waals surface area (Å²) in [6.07, 6.45) is 1.08. The molecule has 0 saturated heterocycles. The van der Waals surface area contributed by atoms with E-state index >= 15 is 0 Å². The van der Waals surface area contributed by atoms with Crippen LogP contribution >= 0.6 is 0 Å². The van der Waals surface area contributed by atoms with E-state index in [1.54, 1.807) is 24.3 Å². The zero-order valence-corrected chi connectivity index (χ0v) is 15.6. The highest BCUT2D eigenvalue weighted by molar-refractivity contribution is 5.81. The Kier molecular flexibility index (Phi) is 5.77. The Hall–Kier alpha value is -2.44. The number of aliphatic hydroxyl groups is 2. The summed E-state index contributed by atoms with van der Waals surface area (Å²) >= 11 is 0. The van der Waals surface area contributed by atoms with Crippen molar-refractivity contribution in [2.75, 3.05) is 14.2 Å². The van der Waals surface area contributed by atoms with Gasteiger partial charge in [0, 0.05) is 17.5 Å². The van der Waals surface area contributed by atoms with Gasteiger partial charge in [-0.05, 0) is 48.6 Å². The Balaban J connectivity index is 2.23. The van der Waals surface area contributed by atoms with E-state index < -0.39 is 12.2 Å². The van der Waals surface area contributed by atoms with E-state index in [-0.39, 0.29) is 23.7 Å². The summed E-state index contributed by atoms with van der Waals surface area (Å²) in [5.74, 6) is 0.635. The van der Waals surface area contributed by atoms with Crippen molar-refractivity contribution in [3.05, 3.63) is 35.4 Å². The molecule has 0 aliphatic heterocycles. The van der Waals surface area contributed by atoms with Crippen LogP contribution in [0.15, 0.2) is 24.3 Å². The molecule has 0 heterocycles. The summed E-state index contributed by atoms with van der Waals surface area (Å²) in [4.78, 5) is 0. The smallest absolute Gasteiger partial charge is 0.203 e. The van der Waals surface area contributed by atoms with Crippen LogP contribution in [0.2, 0.25) is 0 Å². The Morgan fingerprint density at radius 1 is 0.889 bits per heavy atom. The molecule has 146 valence electrons. The Bertz CT molecular complexity index is 817. The van der Waals surface area contributed by atoms with Crippen LogP contribution in [0.1, 0.15) is 30.4 Å². The summed E-state index contributed by atoms with van der Waals surface area (Å²) in [6, 6.07) is 6.85. The van der Waals surface area contributed by atoms with Gasteiger partial charge in [0.15, 0.2) is 11.5 Å². The lowest BCUT2D eigenvalue weighted by molar-refractivity contribution is 0.0138. The van der Waals surface area contributed by atoms with Gasteiger partial charge < -0.3 is 29.9 Å². The minimum Gasteiger partial charge on any atom is -0.507 e. The van der Waals surface area contributed by atoms with Gasteiger partial charge in [-0.25, -0.2) is 0 Å². The number of hydrogen-bond acceptors (Lipinski definition) is 6. The standard InChI is InChI=1S/C21H26O6/c1-26-20-15-11-13(19(25)21(20)27-2)5-3-4-6-17(23)18(24)10-12-7-8-16(22)14(15)9-12/h7-9,11,17-18,22-25H,3-6,10H2,1-2H3. The van der Waals surface area contributed by atoms with Gasteiger partial charge in [-0.15, -0.1) is 0 Å². The highest BCUT2D eigenvalue weighted by Crippen LogP contribution is 2.48. The van der Waals surface area contributed by atoms with E-state index in [2.05, 4.69) is 0 Å². The third kappa shape index (κ3) is 3.82. The van der Waals surface area contributed by atoms with Crippen molar-refractivity contribution < 1.29 is 29.9 Å². The average Bonchev–Trinajstić information content (AvgIpc) is 2.67. The second kappa shape index (κ2) is 8.06. The SMILES string of the molecule is COc1c2cc(c(O)c1OC)CCCCC(O)C(O)Cc1ccc(O)c-2c1. The number of methoxy groups -OCH3 is 2. The number of benzene rings is 2. The fourth-order valence-corrected chi connectivity index (χ4v) is 3.63.